The maximum absolute atomic E-state index is 13.8. The SMILES string of the molecule is CCOc1ccc([C@H]2C(C(=O)OC)=CN=c3s/c(=C/c4cc(I)c(OC(C)C)c(I)c4)c(=O)n32)cc1OCC. The van der Waals surface area contributed by atoms with E-state index < -0.39 is 12.0 Å². The van der Waals surface area contributed by atoms with Crippen molar-refractivity contribution >= 4 is 68.6 Å². The van der Waals surface area contributed by atoms with Crippen LogP contribution >= 0.6 is 56.5 Å². The molecule has 0 saturated heterocycles. The van der Waals surface area contributed by atoms with Crippen LogP contribution in [0.25, 0.3) is 6.08 Å². The highest BCUT2D eigenvalue weighted by Crippen LogP contribution is 2.35. The molecule has 0 amide bonds. The molecule has 0 spiro atoms. The number of carbonyl (C=O) groups excluding carboxylic acids is 1. The van der Waals surface area contributed by atoms with Crippen molar-refractivity contribution < 1.29 is 23.7 Å². The van der Waals surface area contributed by atoms with E-state index in [1.165, 1.54) is 24.6 Å². The largest absolute Gasteiger partial charge is 0.490 e. The van der Waals surface area contributed by atoms with Crippen molar-refractivity contribution in [1.82, 2.24) is 4.57 Å². The highest BCUT2D eigenvalue weighted by molar-refractivity contribution is 14.1. The average Bonchev–Trinajstić information content (AvgIpc) is 3.21. The number of fused-ring (bicyclic) bond motifs is 1. The molecule has 0 unspecified atom stereocenters. The fourth-order valence-electron chi connectivity index (χ4n) is 4.15. The van der Waals surface area contributed by atoms with Crippen molar-refractivity contribution in [2.24, 2.45) is 4.99 Å². The average molecular weight is 774 g/mol. The fourth-order valence-corrected chi connectivity index (χ4v) is 7.19. The number of hydrogen-bond donors (Lipinski definition) is 0. The number of nitrogens with zero attached hydrogens (tertiary/aromatic N) is 2. The Hall–Kier alpha value is -2.39. The Kier molecular flexibility index (Phi) is 9.75. The van der Waals surface area contributed by atoms with Crippen molar-refractivity contribution in [2.45, 2.75) is 39.8 Å². The first-order valence-corrected chi connectivity index (χ1v) is 15.3. The number of halogens is 2. The molecule has 2 aromatic carbocycles. The maximum Gasteiger partial charge on any atom is 0.337 e. The Balaban J connectivity index is 1.87. The summed E-state index contributed by atoms with van der Waals surface area (Å²) in [4.78, 5) is 31.6. The quantitative estimate of drug-likeness (QED) is 0.229. The summed E-state index contributed by atoms with van der Waals surface area (Å²) < 4.78 is 26.5. The van der Waals surface area contributed by atoms with Gasteiger partial charge in [-0.1, -0.05) is 17.4 Å². The minimum atomic E-state index is -0.743. The minimum Gasteiger partial charge on any atom is -0.490 e. The summed E-state index contributed by atoms with van der Waals surface area (Å²) in [6, 6.07) is 8.65. The maximum atomic E-state index is 13.8. The van der Waals surface area contributed by atoms with Gasteiger partial charge in [0.05, 0.1) is 49.7 Å². The topological polar surface area (TPSA) is 88.4 Å². The first-order valence-electron chi connectivity index (χ1n) is 12.3. The Bertz CT molecular complexity index is 1590. The summed E-state index contributed by atoms with van der Waals surface area (Å²) in [5, 5.41) is 0. The molecular formula is C28H28I2N2O6S. The first-order chi connectivity index (χ1) is 18.7. The standard InChI is InChI=1S/C28H28I2N2O6S/c1-6-36-21-9-8-17(13-22(21)37-7-2)24-18(27(34)35-5)14-31-28-32(24)26(33)23(39-28)12-16-10-19(29)25(20(30)11-16)38-15(3)4/h8-15,24H,6-7H2,1-5H3/b23-12+/t24-/m0/s1. The van der Waals surface area contributed by atoms with E-state index in [2.05, 4.69) is 50.2 Å². The van der Waals surface area contributed by atoms with Gasteiger partial charge in [-0.2, -0.15) is 0 Å². The van der Waals surface area contributed by atoms with Crippen molar-refractivity contribution in [2.75, 3.05) is 20.3 Å². The number of benzene rings is 2. The van der Waals surface area contributed by atoms with Crippen LogP contribution in [0.4, 0.5) is 0 Å². The number of thiazole rings is 1. The molecule has 4 rings (SSSR count). The molecule has 8 nitrogen and oxygen atoms in total. The second kappa shape index (κ2) is 12.9. The van der Waals surface area contributed by atoms with Crippen molar-refractivity contribution in [1.29, 1.82) is 0 Å². The van der Waals surface area contributed by atoms with Crippen molar-refractivity contribution in [3.63, 3.8) is 0 Å². The number of methoxy groups -OCH3 is 1. The van der Waals surface area contributed by atoms with E-state index in [-0.39, 0.29) is 17.2 Å². The summed E-state index contributed by atoms with van der Waals surface area (Å²) >= 11 is 5.76. The van der Waals surface area contributed by atoms with E-state index in [1.54, 1.807) is 16.7 Å². The zero-order valence-corrected chi connectivity index (χ0v) is 27.2. The zero-order chi connectivity index (χ0) is 28.3. The molecule has 206 valence electrons. The molecule has 11 heteroatoms. The van der Waals surface area contributed by atoms with Gasteiger partial charge in [-0.05, 0) is 114 Å². The van der Waals surface area contributed by atoms with Gasteiger partial charge in [-0.25, -0.2) is 9.79 Å². The van der Waals surface area contributed by atoms with Crippen LogP contribution in [0.3, 0.4) is 0 Å². The Morgan fingerprint density at radius 3 is 2.38 bits per heavy atom. The summed E-state index contributed by atoms with van der Waals surface area (Å²) in [5.41, 5.74) is 1.55. The number of esters is 1. The lowest BCUT2D eigenvalue weighted by Crippen LogP contribution is -2.39. The molecule has 0 N–H and O–H groups in total. The fraction of sp³-hybridized carbons (Fsp3) is 0.321. The van der Waals surface area contributed by atoms with Crippen molar-refractivity contribution in [3.8, 4) is 17.2 Å². The molecule has 1 atom stereocenters. The van der Waals surface area contributed by atoms with Crippen LogP contribution in [0.15, 0.2) is 51.9 Å². The summed E-state index contributed by atoms with van der Waals surface area (Å²) in [5.74, 6) is 1.39. The molecule has 1 aliphatic rings. The Labute approximate surface area is 257 Å². The molecule has 0 aliphatic carbocycles. The molecule has 0 radical (unpaired) electrons. The van der Waals surface area contributed by atoms with Gasteiger partial charge in [-0.15, -0.1) is 0 Å². The van der Waals surface area contributed by atoms with E-state index in [9.17, 15) is 9.59 Å². The van der Waals surface area contributed by atoms with Crippen LogP contribution in [-0.2, 0) is 9.53 Å². The lowest BCUT2D eigenvalue weighted by Gasteiger charge is -2.23. The normalized spacial score (nSPS) is 14.9. The third kappa shape index (κ3) is 6.35. The highest BCUT2D eigenvalue weighted by atomic mass is 127. The van der Waals surface area contributed by atoms with E-state index in [1.807, 2.05) is 52.0 Å². The van der Waals surface area contributed by atoms with Gasteiger partial charge >= 0.3 is 5.97 Å². The lowest BCUT2D eigenvalue weighted by atomic mass is 9.97. The highest BCUT2D eigenvalue weighted by Gasteiger charge is 2.31. The molecule has 3 aromatic rings. The predicted octanol–water partition coefficient (Wildman–Crippen LogP) is 4.81. The van der Waals surface area contributed by atoms with Crippen LogP contribution in [-0.4, -0.2) is 37.0 Å². The summed E-state index contributed by atoms with van der Waals surface area (Å²) in [6.45, 7) is 8.67. The summed E-state index contributed by atoms with van der Waals surface area (Å²) in [7, 11) is 1.31. The molecule has 1 aliphatic heterocycles. The van der Waals surface area contributed by atoms with E-state index in [0.29, 0.717) is 39.6 Å². The minimum absolute atomic E-state index is 0.0522. The van der Waals surface area contributed by atoms with E-state index in [4.69, 9.17) is 18.9 Å². The van der Waals surface area contributed by atoms with Gasteiger partial charge in [0.2, 0.25) is 0 Å². The van der Waals surface area contributed by atoms with Gasteiger partial charge in [0.1, 0.15) is 5.75 Å². The number of carbonyl (C=O) groups is 1. The molecule has 1 aromatic heterocycles. The summed E-state index contributed by atoms with van der Waals surface area (Å²) in [6.07, 6.45) is 3.37. The molecular weight excluding hydrogens is 746 g/mol. The Morgan fingerprint density at radius 2 is 1.77 bits per heavy atom. The number of ether oxygens (including phenoxy) is 4. The molecule has 0 saturated carbocycles. The molecule has 39 heavy (non-hydrogen) atoms. The lowest BCUT2D eigenvalue weighted by molar-refractivity contribution is -0.136. The predicted molar refractivity (Wildman–Crippen MR) is 168 cm³/mol. The molecule has 0 fully saturated rings. The van der Waals surface area contributed by atoms with E-state index in [0.717, 1.165) is 18.5 Å². The monoisotopic (exact) mass is 774 g/mol. The van der Waals surface area contributed by atoms with Gasteiger partial charge in [0.25, 0.3) is 5.56 Å². The van der Waals surface area contributed by atoms with Gasteiger partial charge < -0.3 is 18.9 Å². The van der Waals surface area contributed by atoms with E-state index >= 15 is 0 Å². The zero-order valence-electron chi connectivity index (χ0n) is 22.1. The second-order valence-corrected chi connectivity index (χ2v) is 12.1. The third-order valence-corrected chi connectivity index (χ3v) is 8.28. The number of aromatic nitrogens is 1. The van der Waals surface area contributed by atoms with Crippen LogP contribution in [0, 0.1) is 7.14 Å². The van der Waals surface area contributed by atoms with Gasteiger partial charge in [0.15, 0.2) is 16.3 Å². The Morgan fingerprint density at radius 1 is 1.10 bits per heavy atom. The smallest absolute Gasteiger partial charge is 0.337 e. The van der Waals surface area contributed by atoms with Crippen LogP contribution in [0.1, 0.15) is 44.9 Å². The first kappa shape index (κ1) is 29.6. The van der Waals surface area contributed by atoms with Crippen molar-refractivity contribution in [3.05, 3.63) is 80.1 Å². The number of hydrogen-bond acceptors (Lipinski definition) is 8. The number of rotatable bonds is 9. The van der Waals surface area contributed by atoms with Gasteiger partial charge in [0, 0.05) is 6.20 Å². The third-order valence-electron chi connectivity index (χ3n) is 5.68. The second-order valence-electron chi connectivity index (χ2n) is 8.73. The molecule has 2 heterocycles. The van der Waals surface area contributed by atoms with Crippen LogP contribution < -0.4 is 29.1 Å². The van der Waals surface area contributed by atoms with Crippen LogP contribution in [0.5, 0.6) is 17.2 Å². The van der Waals surface area contributed by atoms with Gasteiger partial charge in [-0.3, -0.25) is 9.36 Å². The molecule has 0 bridgehead atoms. The van der Waals surface area contributed by atoms with Crippen LogP contribution in [0.2, 0.25) is 0 Å².